The molecule has 0 saturated carbocycles. The molecule has 1 saturated heterocycles. The largest absolute Gasteiger partial charge is 0.412 e. The normalized spacial score (nSPS) is 35.5. The number of carbonyl (C=O) groups is 1. The fourth-order valence-corrected chi connectivity index (χ4v) is 2.29. The molecule has 20 heavy (non-hydrogen) atoms. The predicted molar refractivity (Wildman–Crippen MR) is 68.2 cm³/mol. The summed E-state index contributed by atoms with van der Waals surface area (Å²) in [6.45, 7) is -0.277. The Kier molecular flexibility index (Phi) is 3.81. The lowest BCUT2D eigenvalue weighted by Gasteiger charge is -2.25. The smallest absolute Gasteiger partial charge is 0.281 e. The van der Waals surface area contributed by atoms with Crippen LogP contribution in [0.25, 0.3) is 0 Å². The van der Waals surface area contributed by atoms with Gasteiger partial charge in [0.1, 0.15) is 12.3 Å². The van der Waals surface area contributed by atoms with Crippen LogP contribution < -0.4 is 5.73 Å². The molecule has 6 N–H and O–H groups in total. The third-order valence-electron chi connectivity index (χ3n) is 3.23. The van der Waals surface area contributed by atoms with Gasteiger partial charge in [0, 0.05) is 6.42 Å². The highest BCUT2D eigenvalue weighted by molar-refractivity contribution is 6.21. The van der Waals surface area contributed by atoms with Gasteiger partial charge in [-0.2, -0.15) is 9.98 Å². The maximum atomic E-state index is 11.6. The molecule has 0 bridgehead atoms. The van der Waals surface area contributed by atoms with E-state index in [1.807, 2.05) is 0 Å². The molecular weight excluding hydrogens is 270 g/mol. The number of hydrogen-bond acceptors (Lipinski definition) is 8. The Morgan fingerprint density at radius 2 is 2.25 bits per heavy atom. The van der Waals surface area contributed by atoms with Crippen LogP contribution in [0.2, 0.25) is 0 Å². The van der Waals surface area contributed by atoms with Crippen LogP contribution in [-0.2, 0) is 9.53 Å². The van der Waals surface area contributed by atoms with Crippen molar-refractivity contribution < 1.29 is 25.2 Å². The second kappa shape index (κ2) is 5.25. The van der Waals surface area contributed by atoms with E-state index in [4.69, 9.17) is 15.6 Å². The maximum Gasteiger partial charge on any atom is 0.281 e. The van der Waals surface area contributed by atoms with E-state index in [0.29, 0.717) is 5.84 Å². The Labute approximate surface area is 113 Å². The average Bonchev–Trinajstić information content (AvgIpc) is 2.92. The third-order valence-corrected chi connectivity index (χ3v) is 3.23. The van der Waals surface area contributed by atoms with Crippen molar-refractivity contribution in [3.05, 3.63) is 0 Å². The standard InChI is InChI=1S/C10H13N5O4.H2O/c11-10-13-8-7(9(18)14-10)12-3-15(8)6-1-4(17)5(2-16)19-6;/h3-7,16-17H,1-2H2,(H2,11,14,18);1H2/t4-,5+,6+,7?;/m0./s1. The summed E-state index contributed by atoms with van der Waals surface area (Å²) in [5.41, 5.74) is 5.45. The minimum absolute atomic E-state index is 0. The van der Waals surface area contributed by atoms with Crippen LogP contribution in [0.5, 0.6) is 0 Å². The SMILES string of the molecule is NC1=NC(=O)C2N=CN([C@H]3C[C@H](O)[C@@H](CO)O3)C2=N1.O. The van der Waals surface area contributed by atoms with Crippen LogP contribution in [-0.4, -0.2) is 75.7 Å². The lowest BCUT2D eigenvalue weighted by molar-refractivity contribution is -0.117. The van der Waals surface area contributed by atoms with Gasteiger partial charge in [-0.05, 0) is 0 Å². The van der Waals surface area contributed by atoms with Crippen LogP contribution in [0.3, 0.4) is 0 Å². The second-order valence-electron chi connectivity index (χ2n) is 4.47. The Hall–Kier alpha value is -1.88. The van der Waals surface area contributed by atoms with Gasteiger partial charge in [0.05, 0.1) is 19.0 Å². The molecule has 4 atom stereocenters. The van der Waals surface area contributed by atoms with Crippen molar-refractivity contribution in [1.29, 1.82) is 0 Å². The van der Waals surface area contributed by atoms with Gasteiger partial charge in [-0.1, -0.05) is 0 Å². The monoisotopic (exact) mass is 285 g/mol. The number of guanidine groups is 1. The molecule has 0 aromatic carbocycles. The number of carbonyl (C=O) groups excluding carboxylic acids is 1. The molecular formula is C10H15N5O5. The van der Waals surface area contributed by atoms with Crippen LogP contribution in [0.1, 0.15) is 6.42 Å². The van der Waals surface area contributed by atoms with Crippen LogP contribution in [0.15, 0.2) is 15.0 Å². The Balaban J connectivity index is 0.00000147. The number of fused-ring (bicyclic) bond motifs is 1. The Morgan fingerprint density at radius 1 is 1.50 bits per heavy atom. The quantitative estimate of drug-likeness (QED) is 0.478. The molecule has 10 nitrogen and oxygen atoms in total. The zero-order valence-electron chi connectivity index (χ0n) is 10.4. The molecule has 0 aliphatic carbocycles. The van der Waals surface area contributed by atoms with Crippen molar-refractivity contribution in [1.82, 2.24) is 4.90 Å². The fourth-order valence-electron chi connectivity index (χ4n) is 2.29. The lowest BCUT2D eigenvalue weighted by atomic mass is 10.2. The number of nitrogens with zero attached hydrogens (tertiary/aromatic N) is 4. The first kappa shape index (κ1) is 14.5. The van der Waals surface area contributed by atoms with Gasteiger partial charge in [-0.15, -0.1) is 0 Å². The number of aliphatic hydroxyl groups is 2. The summed E-state index contributed by atoms with van der Waals surface area (Å²) in [6.07, 6.45) is -0.240. The second-order valence-corrected chi connectivity index (χ2v) is 4.47. The number of aliphatic imine (C=N–C) groups is 3. The molecule has 1 unspecified atom stereocenters. The van der Waals surface area contributed by atoms with E-state index in [1.54, 1.807) is 4.90 Å². The average molecular weight is 285 g/mol. The summed E-state index contributed by atoms with van der Waals surface area (Å²) in [5, 5.41) is 18.8. The molecule has 110 valence electrons. The molecule has 10 heteroatoms. The van der Waals surface area contributed by atoms with Crippen molar-refractivity contribution in [2.75, 3.05) is 6.61 Å². The summed E-state index contributed by atoms with van der Waals surface area (Å²) in [7, 11) is 0. The first-order valence-electron chi connectivity index (χ1n) is 5.82. The summed E-state index contributed by atoms with van der Waals surface area (Å²) >= 11 is 0. The Bertz CT molecular complexity index is 504. The van der Waals surface area contributed by atoms with Crippen LogP contribution >= 0.6 is 0 Å². The molecule has 0 spiro atoms. The molecule has 3 aliphatic rings. The maximum absolute atomic E-state index is 11.6. The van der Waals surface area contributed by atoms with Gasteiger partial charge in [-0.3, -0.25) is 14.7 Å². The highest BCUT2D eigenvalue weighted by Crippen LogP contribution is 2.26. The number of nitrogens with two attached hydrogens (primary N) is 1. The van der Waals surface area contributed by atoms with E-state index in [0.717, 1.165) is 0 Å². The van der Waals surface area contributed by atoms with E-state index in [2.05, 4.69) is 15.0 Å². The molecule has 3 heterocycles. The molecule has 3 rings (SSSR count). The first-order valence-corrected chi connectivity index (χ1v) is 5.82. The van der Waals surface area contributed by atoms with Gasteiger partial charge in [0.25, 0.3) is 5.91 Å². The number of amides is 1. The molecule has 3 aliphatic heterocycles. The number of ether oxygens (including phenoxy) is 1. The number of rotatable bonds is 2. The van der Waals surface area contributed by atoms with Crippen LogP contribution in [0, 0.1) is 0 Å². The summed E-state index contributed by atoms with van der Waals surface area (Å²) in [6, 6.07) is -0.791. The zero-order valence-corrected chi connectivity index (χ0v) is 10.4. The van der Waals surface area contributed by atoms with E-state index in [1.165, 1.54) is 6.34 Å². The molecule has 1 amide bonds. The summed E-state index contributed by atoms with van der Waals surface area (Å²) < 4.78 is 5.49. The van der Waals surface area contributed by atoms with E-state index >= 15 is 0 Å². The van der Waals surface area contributed by atoms with Gasteiger partial charge in [0.15, 0.2) is 11.9 Å². The third kappa shape index (κ3) is 2.18. The molecule has 1 fully saturated rings. The van der Waals surface area contributed by atoms with E-state index < -0.39 is 30.4 Å². The molecule has 0 radical (unpaired) electrons. The number of aliphatic hydroxyl groups excluding tert-OH is 2. The van der Waals surface area contributed by atoms with Crippen molar-refractivity contribution >= 4 is 24.0 Å². The zero-order chi connectivity index (χ0) is 13.6. The number of amidine groups is 1. The van der Waals surface area contributed by atoms with Gasteiger partial charge in [-0.25, -0.2) is 0 Å². The Morgan fingerprint density at radius 3 is 2.90 bits per heavy atom. The highest BCUT2D eigenvalue weighted by atomic mass is 16.5. The number of hydrogen-bond donors (Lipinski definition) is 3. The summed E-state index contributed by atoms with van der Waals surface area (Å²) in [5.74, 6) is -0.254. The molecule has 0 aromatic rings. The first-order chi connectivity index (χ1) is 9.10. The minimum Gasteiger partial charge on any atom is -0.412 e. The van der Waals surface area contributed by atoms with Gasteiger partial charge >= 0.3 is 0 Å². The fraction of sp³-hybridized carbons (Fsp3) is 0.600. The van der Waals surface area contributed by atoms with E-state index in [9.17, 15) is 9.90 Å². The molecule has 0 aromatic heterocycles. The highest BCUT2D eigenvalue weighted by Gasteiger charge is 2.43. The van der Waals surface area contributed by atoms with Crippen molar-refractivity contribution in [3.63, 3.8) is 0 Å². The van der Waals surface area contributed by atoms with Gasteiger partial charge < -0.3 is 26.2 Å². The van der Waals surface area contributed by atoms with Crippen LogP contribution in [0.4, 0.5) is 0 Å². The lowest BCUT2D eigenvalue weighted by Crippen LogP contribution is -2.44. The topological polar surface area (TPSA) is 165 Å². The summed E-state index contributed by atoms with van der Waals surface area (Å²) in [4.78, 5) is 24.7. The van der Waals surface area contributed by atoms with Crippen molar-refractivity contribution in [2.24, 2.45) is 20.7 Å². The van der Waals surface area contributed by atoms with Crippen molar-refractivity contribution in [2.45, 2.75) is 30.9 Å². The van der Waals surface area contributed by atoms with Gasteiger partial charge in [0.2, 0.25) is 5.96 Å². The van der Waals surface area contributed by atoms with E-state index in [-0.39, 0.29) is 24.5 Å². The van der Waals surface area contributed by atoms with Crippen molar-refractivity contribution in [3.8, 4) is 0 Å². The predicted octanol–water partition coefficient (Wildman–Crippen LogP) is -3.40. The minimum atomic E-state index is -0.791.